The molecular formula is C10H13Cl2NOS. The van der Waals surface area contributed by atoms with E-state index in [4.69, 9.17) is 28.9 Å². The predicted molar refractivity (Wildman–Crippen MR) is 66.0 cm³/mol. The zero-order chi connectivity index (χ0) is 11.6. The molecule has 5 heteroatoms. The molecule has 3 atom stereocenters. The van der Waals surface area contributed by atoms with Crippen LogP contribution in [0.5, 0.6) is 0 Å². The topological polar surface area (TPSA) is 43.1 Å². The fraction of sp³-hybridized carbons (Fsp3) is 0.400. The van der Waals surface area contributed by atoms with E-state index < -0.39 is 10.8 Å². The third-order valence-electron chi connectivity index (χ3n) is 2.20. The molecule has 0 aliphatic carbocycles. The Morgan fingerprint density at radius 1 is 1.27 bits per heavy atom. The van der Waals surface area contributed by atoms with Crippen LogP contribution in [0.1, 0.15) is 13.8 Å². The molecule has 0 aliphatic rings. The lowest BCUT2D eigenvalue weighted by atomic mass is 10.3. The van der Waals surface area contributed by atoms with Crippen LogP contribution in [0, 0.1) is 0 Å². The van der Waals surface area contributed by atoms with Crippen molar-refractivity contribution in [2.75, 3.05) is 0 Å². The fourth-order valence-corrected chi connectivity index (χ4v) is 2.63. The maximum atomic E-state index is 12.0. The maximum absolute atomic E-state index is 12.0. The van der Waals surface area contributed by atoms with Gasteiger partial charge in [0.05, 0.1) is 26.1 Å². The standard InChI is InChI=1S/C10H13Cl2NOS/c1-6(13)7(2)15(14)8-3-4-9(11)10(12)5-8/h3-7H,13H2,1-2H3. The molecule has 0 saturated heterocycles. The summed E-state index contributed by atoms with van der Waals surface area (Å²) in [5, 5.41) is 0.771. The van der Waals surface area contributed by atoms with Crippen LogP contribution in [0.4, 0.5) is 0 Å². The van der Waals surface area contributed by atoms with Crippen molar-refractivity contribution in [3.8, 4) is 0 Å². The van der Waals surface area contributed by atoms with E-state index in [0.717, 1.165) is 0 Å². The van der Waals surface area contributed by atoms with Crippen LogP contribution >= 0.6 is 23.2 Å². The van der Waals surface area contributed by atoms with Crippen molar-refractivity contribution in [1.29, 1.82) is 0 Å². The number of benzene rings is 1. The summed E-state index contributed by atoms with van der Waals surface area (Å²) in [6.45, 7) is 3.68. The van der Waals surface area contributed by atoms with Crippen LogP contribution in [0.25, 0.3) is 0 Å². The molecule has 0 aromatic heterocycles. The smallest absolute Gasteiger partial charge is 0.0604 e. The van der Waals surface area contributed by atoms with Crippen LogP contribution < -0.4 is 5.73 Å². The number of hydrogen-bond acceptors (Lipinski definition) is 2. The molecule has 0 spiro atoms. The van der Waals surface area contributed by atoms with Crippen LogP contribution in [0.15, 0.2) is 23.1 Å². The van der Waals surface area contributed by atoms with Gasteiger partial charge in [0.15, 0.2) is 0 Å². The average Bonchev–Trinajstić information content (AvgIpc) is 2.19. The summed E-state index contributed by atoms with van der Waals surface area (Å²) in [6, 6.07) is 4.85. The first kappa shape index (κ1) is 13.0. The molecule has 1 rings (SSSR count). The summed E-state index contributed by atoms with van der Waals surface area (Å²) < 4.78 is 12.0. The van der Waals surface area contributed by atoms with E-state index in [1.165, 1.54) is 0 Å². The van der Waals surface area contributed by atoms with Crippen molar-refractivity contribution < 1.29 is 4.21 Å². The Morgan fingerprint density at radius 2 is 1.87 bits per heavy atom. The highest BCUT2D eigenvalue weighted by Crippen LogP contribution is 2.25. The van der Waals surface area contributed by atoms with E-state index in [2.05, 4.69) is 0 Å². The van der Waals surface area contributed by atoms with Gasteiger partial charge in [-0.1, -0.05) is 23.2 Å². The molecule has 0 saturated carbocycles. The molecule has 2 nitrogen and oxygen atoms in total. The Hall–Kier alpha value is -0.0900. The van der Waals surface area contributed by atoms with Crippen molar-refractivity contribution in [3.63, 3.8) is 0 Å². The molecule has 0 amide bonds. The summed E-state index contributed by atoms with van der Waals surface area (Å²) in [5.41, 5.74) is 5.69. The van der Waals surface area contributed by atoms with Gasteiger partial charge in [0.2, 0.25) is 0 Å². The first-order valence-electron chi connectivity index (χ1n) is 4.54. The molecule has 15 heavy (non-hydrogen) atoms. The number of nitrogens with two attached hydrogens (primary N) is 1. The Labute approximate surface area is 102 Å². The SMILES string of the molecule is CC(N)C(C)S(=O)c1ccc(Cl)c(Cl)c1. The molecule has 0 radical (unpaired) electrons. The lowest BCUT2D eigenvalue weighted by molar-refractivity contribution is 0.649. The Kier molecular flexibility index (Phi) is 4.59. The molecule has 0 bridgehead atoms. The normalized spacial score (nSPS) is 17.1. The monoisotopic (exact) mass is 265 g/mol. The molecule has 2 N–H and O–H groups in total. The van der Waals surface area contributed by atoms with Crippen LogP contribution in [0.2, 0.25) is 10.0 Å². The summed E-state index contributed by atoms with van der Waals surface area (Å²) in [5.74, 6) is 0. The van der Waals surface area contributed by atoms with Gasteiger partial charge in [0.1, 0.15) is 0 Å². The summed E-state index contributed by atoms with van der Waals surface area (Å²) in [6.07, 6.45) is 0. The quantitative estimate of drug-likeness (QED) is 0.914. The van der Waals surface area contributed by atoms with Gasteiger partial charge in [-0.05, 0) is 32.0 Å². The van der Waals surface area contributed by atoms with Gasteiger partial charge < -0.3 is 5.73 Å². The third kappa shape index (κ3) is 3.18. The molecule has 84 valence electrons. The average molecular weight is 266 g/mol. The van der Waals surface area contributed by atoms with E-state index in [0.29, 0.717) is 14.9 Å². The van der Waals surface area contributed by atoms with Crippen LogP contribution in [-0.4, -0.2) is 15.5 Å². The predicted octanol–water partition coefficient (Wildman–Crippen LogP) is 2.84. The van der Waals surface area contributed by atoms with Gasteiger partial charge in [-0.3, -0.25) is 4.21 Å². The van der Waals surface area contributed by atoms with E-state index in [1.807, 2.05) is 13.8 Å². The van der Waals surface area contributed by atoms with Crippen molar-refractivity contribution in [2.45, 2.75) is 30.0 Å². The first-order chi connectivity index (χ1) is 6.93. The number of halogens is 2. The minimum atomic E-state index is -1.14. The van der Waals surface area contributed by atoms with Crippen molar-refractivity contribution in [3.05, 3.63) is 28.2 Å². The summed E-state index contributed by atoms with van der Waals surface area (Å²) in [7, 11) is -1.14. The molecule has 1 aromatic rings. The molecule has 3 unspecified atom stereocenters. The zero-order valence-electron chi connectivity index (χ0n) is 8.54. The highest BCUT2D eigenvalue weighted by atomic mass is 35.5. The number of hydrogen-bond donors (Lipinski definition) is 1. The van der Waals surface area contributed by atoms with Gasteiger partial charge in [-0.15, -0.1) is 0 Å². The van der Waals surface area contributed by atoms with Crippen LogP contribution in [0.3, 0.4) is 0 Å². The molecule has 0 aliphatic heterocycles. The van der Waals surface area contributed by atoms with E-state index in [1.54, 1.807) is 18.2 Å². The third-order valence-corrected chi connectivity index (χ3v) is 4.76. The molecule has 0 fully saturated rings. The second kappa shape index (κ2) is 5.30. The van der Waals surface area contributed by atoms with Gasteiger partial charge in [0.25, 0.3) is 0 Å². The Balaban J connectivity index is 2.97. The molecular weight excluding hydrogens is 253 g/mol. The van der Waals surface area contributed by atoms with E-state index >= 15 is 0 Å². The van der Waals surface area contributed by atoms with Gasteiger partial charge in [-0.25, -0.2) is 0 Å². The second-order valence-electron chi connectivity index (χ2n) is 3.44. The van der Waals surface area contributed by atoms with E-state index in [-0.39, 0.29) is 11.3 Å². The van der Waals surface area contributed by atoms with Gasteiger partial charge in [0, 0.05) is 10.9 Å². The minimum Gasteiger partial charge on any atom is -0.327 e. The summed E-state index contributed by atoms with van der Waals surface area (Å²) >= 11 is 11.6. The molecule has 1 aromatic carbocycles. The minimum absolute atomic E-state index is 0.109. The highest BCUT2D eigenvalue weighted by Gasteiger charge is 2.17. The first-order valence-corrected chi connectivity index (χ1v) is 6.51. The fourth-order valence-electron chi connectivity index (χ4n) is 1.01. The lowest BCUT2D eigenvalue weighted by Gasteiger charge is -2.15. The van der Waals surface area contributed by atoms with Gasteiger partial charge >= 0.3 is 0 Å². The maximum Gasteiger partial charge on any atom is 0.0604 e. The largest absolute Gasteiger partial charge is 0.327 e. The zero-order valence-corrected chi connectivity index (χ0v) is 10.9. The molecule has 0 heterocycles. The van der Waals surface area contributed by atoms with Crippen molar-refractivity contribution in [2.24, 2.45) is 5.73 Å². The summed E-state index contributed by atoms with van der Waals surface area (Å²) in [4.78, 5) is 0.661. The van der Waals surface area contributed by atoms with Gasteiger partial charge in [-0.2, -0.15) is 0 Å². The lowest BCUT2D eigenvalue weighted by Crippen LogP contribution is -2.32. The van der Waals surface area contributed by atoms with Crippen molar-refractivity contribution >= 4 is 34.0 Å². The second-order valence-corrected chi connectivity index (χ2v) is 6.06. The van der Waals surface area contributed by atoms with Crippen molar-refractivity contribution in [1.82, 2.24) is 0 Å². The Morgan fingerprint density at radius 3 is 2.33 bits per heavy atom. The van der Waals surface area contributed by atoms with Crippen LogP contribution in [-0.2, 0) is 10.8 Å². The highest BCUT2D eigenvalue weighted by molar-refractivity contribution is 7.85. The number of rotatable bonds is 3. The van der Waals surface area contributed by atoms with E-state index in [9.17, 15) is 4.21 Å². The Bertz CT molecular complexity index is 382.